The van der Waals surface area contributed by atoms with Crippen LogP contribution in [0, 0.1) is 11.3 Å². The Morgan fingerprint density at radius 2 is 2.37 bits per heavy atom. The smallest absolute Gasteiger partial charge is 0.149 e. The average Bonchev–Trinajstić information content (AvgIpc) is 3.03. The Kier molecular flexibility index (Phi) is 4.72. The van der Waals surface area contributed by atoms with Gasteiger partial charge in [-0.15, -0.1) is 11.3 Å². The lowest BCUT2D eigenvalue weighted by atomic mass is 10.2. The van der Waals surface area contributed by atoms with Crippen LogP contribution in [0.15, 0.2) is 29.9 Å². The number of nitrogens with zero attached hydrogens (tertiary/aromatic N) is 3. The summed E-state index contributed by atoms with van der Waals surface area (Å²) < 4.78 is 2.11. The minimum Gasteiger partial charge on any atom is -0.330 e. The predicted octanol–water partition coefficient (Wildman–Crippen LogP) is 2.89. The standard InChI is InChI=1S/C14H18N4S/c1-11(2)17-12(10-15)5-7-18-8-6-16-14(18)13-4-3-9-19-13/h3-4,6,8-9,11-12,17H,5,7H2,1-2H3. The maximum Gasteiger partial charge on any atom is 0.149 e. The molecule has 0 aliphatic carbocycles. The zero-order valence-electron chi connectivity index (χ0n) is 11.2. The lowest BCUT2D eigenvalue weighted by Gasteiger charge is -2.15. The third-order valence-corrected chi connectivity index (χ3v) is 3.67. The molecule has 1 atom stereocenters. The van der Waals surface area contributed by atoms with Gasteiger partial charge >= 0.3 is 0 Å². The van der Waals surface area contributed by atoms with Gasteiger partial charge in [-0.05, 0) is 31.7 Å². The van der Waals surface area contributed by atoms with Crippen LogP contribution in [0.25, 0.3) is 10.7 Å². The Hall–Kier alpha value is -1.64. The third kappa shape index (κ3) is 3.66. The summed E-state index contributed by atoms with van der Waals surface area (Å²) in [5.74, 6) is 0.983. The third-order valence-electron chi connectivity index (χ3n) is 2.81. The number of nitrogens with one attached hydrogen (secondary N) is 1. The zero-order valence-corrected chi connectivity index (χ0v) is 12.0. The van der Waals surface area contributed by atoms with Gasteiger partial charge in [0.1, 0.15) is 5.82 Å². The summed E-state index contributed by atoms with van der Waals surface area (Å²) in [5, 5.41) is 14.4. The summed E-state index contributed by atoms with van der Waals surface area (Å²) in [5.41, 5.74) is 0. The number of imidazole rings is 1. The molecule has 2 aromatic heterocycles. The first-order valence-electron chi connectivity index (χ1n) is 6.41. The highest BCUT2D eigenvalue weighted by molar-refractivity contribution is 7.13. The van der Waals surface area contributed by atoms with Gasteiger partial charge in [0.15, 0.2) is 0 Å². The molecule has 5 heteroatoms. The second kappa shape index (κ2) is 6.50. The van der Waals surface area contributed by atoms with Gasteiger partial charge in [-0.25, -0.2) is 4.98 Å². The summed E-state index contributed by atoms with van der Waals surface area (Å²) in [6.45, 7) is 4.91. The van der Waals surface area contributed by atoms with E-state index in [1.807, 2.05) is 23.8 Å². The molecule has 2 heterocycles. The Balaban J connectivity index is 2.01. The van der Waals surface area contributed by atoms with Crippen LogP contribution in [0.1, 0.15) is 20.3 Å². The van der Waals surface area contributed by atoms with Gasteiger partial charge in [0.05, 0.1) is 17.0 Å². The van der Waals surface area contributed by atoms with Gasteiger partial charge in [-0.1, -0.05) is 6.07 Å². The maximum absolute atomic E-state index is 9.12. The average molecular weight is 274 g/mol. The Morgan fingerprint density at radius 1 is 1.53 bits per heavy atom. The summed E-state index contributed by atoms with van der Waals surface area (Å²) in [6.07, 6.45) is 4.56. The summed E-state index contributed by atoms with van der Waals surface area (Å²) in [6, 6.07) is 6.61. The van der Waals surface area contributed by atoms with Gasteiger partial charge in [0.25, 0.3) is 0 Å². The van der Waals surface area contributed by atoms with E-state index in [-0.39, 0.29) is 6.04 Å². The van der Waals surface area contributed by atoms with Gasteiger partial charge in [-0.3, -0.25) is 5.32 Å². The Labute approximate surface area is 117 Å². The highest BCUT2D eigenvalue weighted by Crippen LogP contribution is 2.23. The molecule has 0 fully saturated rings. The fourth-order valence-electron chi connectivity index (χ4n) is 1.98. The quantitative estimate of drug-likeness (QED) is 0.881. The fourth-order valence-corrected chi connectivity index (χ4v) is 2.71. The number of hydrogen-bond acceptors (Lipinski definition) is 4. The van der Waals surface area contributed by atoms with Gasteiger partial charge < -0.3 is 4.57 Å². The van der Waals surface area contributed by atoms with Crippen LogP contribution in [0.2, 0.25) is 0 Å². The van der Waals surface area contributed by atoms with Gasteiger partial charge in [0.2, 0.25) is 0 Å². The van der Waals surface area contributed by atoms with Crippen molar-refractivity contribution in [2.75, 3.05) is 0 Å². The van der Waals surface area contributed by atoms with E-state index < -0.39 is 0 Å². The molecule has 2 rings (SSSR count). The predicted molar refractivity (Wildman–Crippen MR) is 77.8 cm³/mol. The van der Waals surface area contributed by atoms with E-state index in [9.17, 15) is 0 Å². The van der Waals surface area contributed by atoms with Crippen molar-refractivity contribution in [3.8, 4) is 16.8 Å². The van der Waals surface area contributed by atoms with Crippen molar-refractivity contribution in [2.24, 2.45) is 0 Å². The van der Waals surface area contributed by atoms with Crippen LogP contribution in [-0.4, -0.2) is 21.6 Å². The molecule has 19 heavy (non-hydrogen) atoms. The molecule has 1 N–H and O–H groups in total. The summed E-state index contributed by atoms with van der Waals surface area (Å²) >= 11 is 1.68. The Bertz CT molecular complexity index is 536. The lowest BCUT2D eigenvalue weighted by molar-refractivity contribution is 0.478. The lowest BCUT2D eigenvalue weighted by Crippen LogP contribution is -2.34. The van der Waals surface area contributed by atoms with Gasteiger partial charge in [0, 0.05) is 25.0 Å². The van der Waals surface area contributed by atoms with E-state index in [0.29, 0.717) is 6.04 Å². The van der Waals surface area contributed by atoms with Crippen LogP contribution < -0.4 is 5.32 Å². The van der Waals surface area contributed by atoms with Crippen molar-refractivity contribution in [1.29, 1.82) is 5.26 Å². The molecular formula is C14H18N4S. The summed E-state index contributed by atoms with van der Waals surface area (Å²) in [4.78, 5) is 5.56. The molecule has 1 unspecified atom stereocenters. The number of thiophene rings is 1. The Morgan fingerprint density at radius 3 is 3.00 bits per heavy atom. The van der Waals surface area contributed by atoms with E-state index in [0.717, 1.165) is 23.7 Å². The number of aromatic nitrogens is 2. The fraction of sp³-hybridized carbons (Fsp3) is 0.429. The van der Waals surface area contributed by atoms with E-state index in [1.165, 1.54) is 0 Å². The topological polar surface area (TPSA) is 53.6 Å². The van der Waals surface area contributed by atoms with Crippen molar-refractivity contribution in [3.05, 3.63) is 29.9 Å². The molecule has 100 valence electrons. The first-order valence-corrected chi connectivity index (χ1v) is 7.29. The van der Waals surface area contributed by atoms with Crippen molar-refractivity contribution < 1.29 is 0 Å². The molecule has 0 amide bonds. The van der Waals surface area contributed by atoms with Crippen LogP contribution in [0.3, 0.4) is 0 Å². The van der Waals surface area contributed by atoms with Crippen molar-refractivity contribution >= 4 is 11.3 Å². The minimum absolute atomic E-state index is 0.112. The van der Waals surface area contributed by atoms with Crippen molar-refractivity contribution in [1.82, 2.24) is 14.9 Å². The first-order chi connectivity index (χ1) is 9.20. The molecule has 0 saturated carbocycles. The largest absolute Gasteiger partial charge is 0.330 e. The van der Waals surface area contributed by atoms with Crippen molar-refractivity contribution in [2.45, 2.75) is 38.9 Å². The molecule has 0 bridgehead atoms. The van der Waals surface area contributed by atoms with Crippen molar-refractivity contribution in [3.63, 3.8) is 0 Å². The summed E-state index contributed by atoms with van der Waals surface area (Å²) in [7, 11) is 0. The van der Waals surface area contributed by atoms with Crippen LogP contribution >= 0.6 is 11.3 Å². The highest BCUT2D eigenvalue weighted by atomic mass is 32.1. The SMILES string of the molecule is CC(C)NC(C#N)CCn1ccnc1-c1cccs1. The normalized spacial score (nSPS) is 12.5. The molecule has 4 nitrogen and oxygen atoms in total. The number of aryl methyl sites for hydroxylation is 1. The molecular weight excluding hydrogens is 256 g/mol. The number of nitriles is 1. The van der Waals surface area contributed by atoms with E-state index in [4.69, 9.17) is 5.26 Å². The molecule has 0 saturated heterocycles. The molecule has 0 aromatic carbocycles. The maximum atomic E-state index is 9.12. The first kappa shape index (κ1) is 13.8. The second-order valence-electron chi connectivity index (χ2n) is 4.71. The monoisotopic (exact) mass is 274 g/mol. The van der Waals surface area contributed by atoms with E-state index in [1.54, 1.807) is 11.3 Å². The second-order valence-corrected chi connectivity index (χ2v) is 5.66. The van der Waals surface area contributed by atoms with E-state index >= 15 is 0 Å². The molecule has 2 aromatic rings. The van der Waals surface area contributed by atoms with Gasteiger partial charge in [-0.2, -0.15) is 5.26 Å². The molecule has 0 aliphatic heterocycles. The number of rotatable bonds is 6. The van der Waals surface area contributed by atoms with Crippen LogP contribution in [0.4, 0.5) is 0 Å². The van der Waals surface area contributed by atoms with Crippen LogP contribution in [-0.2, 0) is 6.54 Å². The molecule has 0 radical (unpaired) electrons. The zero-order chi connectivity index (χ0) is 13.7. The van der Waals surface area contributed by atoms with Crippen LogP contribution in [0.5, 0.6) is 0 Å². The minimum atomic E-state index is -0.112. The van der Waals surface area contributed by atoms with E-state index in [2.05, 4.69) is 40.9 Å². The molecule has 0 spiro atoms. The molecule has 0 aliphatic rings. The number of hydrogen-bond donors (Lipinski definition) is 1. The highest BCUT2D eigenvalue weighted by Gasteiger charge is 2.11.